The Morgan fingerprint density at radius 3 is 1.38 bits per heavy atom. The summed E-state index contributed by atoms with van der Waals surface area (Å²) >= 11 is 0. The quantitative estimate of drug-likeness (QED) is 0.620. The van der Waals surface area contributed by atoms with Gasteiger partial charge in [-0.3, -0.25) is 0 Å². The first kappa shape index (κ1) is 15.1. The van der Waals surface area contributed by atoms with Crippen LogP contribution >= 0.6 is 0 Å². The van der Waals surface area contributed by atoms with Crippen molar-refractivity contribution in [1.29, 1.82) is 0 Å². The highest BCUT2D eigenvalue weighted by Crippen LogP contribution is 2.49. The smallest absolute Gasteiger partial charge is 0.389 e. The molecule has 96 valence electrons. The van der Waals surface area contributed by atoms with Gasteiger partial charge in [-0.05, 0) is 11.1 Å². The van der Waals surface area contributed by atoms with E-state index < -0.39 is 29.9 Å². The van der Waals surface area contributed by atoms with Crippen molar-refractivity contribution in [1.82, 2.24) is 0 Å². The van der Waals surface area contributed by atoms with Crippen LogP contribution in [0.25, 0.3) is 0 Å². The molecular weight excluding hydrogens is 244 g/mol. The van der Waals surface area contributed by atoms with Gasteiger partial charge in [-0.2, -0.15) is 26.3 Å². The van der Waals surface area contributed by atoms with Gasteiger partial charge in [0, 0.05) is 0 Å². The molecule has 1 atom stereocenters. The summed E-state index contributed by atoms with van der Waals surface area (Å²) in [6.07, 6.45) is -15.0. The second-order valence-electron chi connectivity index (χ2n) is 3.54. The maximum absolute atomic E-state index is 12.3. The van der Waals surface area contributed by atoms with E-state index in [1.807, 2.05) is 0 Å². The number of halogens is 6. The molecule has 9 heteroatoms. The molecule has 0 rings (SSSR count). The van der Waals surface area contributed by atoms with E-state index in [2.05, 4.69) is 0 Å². The normalized spacial score (nSPS) is 16.4. The lowest BCUT2D eigenvalue weighted by Crippen LogP contribution is -2.64. The van der Waals surface area contributed by atoms with Crippen LogP contribution in [0, 0.1) is 10.8 Å². The molecule has 3 nitrogen and oxygen atoms in total. The summed E-state index contributed by atoms with van der Waals surface area (Å²) in [5.74, 6) is -1.43. The van der Waals surface area contributed by atoms with Crippen molar-refractivity contribution in [3.63, 3.8) is 0 Å². The van der Waals surface area contributed by atoms with Crippen LogP contribution in [0.3, 0.4) is 0 Å². The molecule has 0 aromatic rings. The van der Waals surface area contributed by atoms with E-state index in [1.54, 1.807) is 0 Å². The Bertz CT molecular complexity index is 245. The predicted octanol–water partition coefficient (Wildman–Crippen LogP) is 2.63. The number of nitroso groups, excluding NO2 is 1. The average Bonchev–Trinajstić information content (AvgIpc) is 2.00. The third kappa shape index (κ3) is 2.13. The van der Waals surface area contributed by atoms with Crippen LogP contribution in [0.15, 0.2) is 5.18 Å². The summed E-state index contributed by atoms with van der Waals surface area (Å²) in [6.45, 7) is 1.84. The zero-order valence-electron chi connectivity index (χ0n) is 8.23. The summed E-state index contributed by atoms with van der Waals surface area (Å²) in [5, 5.41) is 10.1. The van der Waals surface area contributed by atoms with Gasteiger partial charge in [0.2, 0.25) is 0 Å². The molecule has 0 heterocycles. The van der Waals surface area contributed by atoms with Crippen molar-refractivity contribution in [2.75, 3.05) is 0 Å². The lowest BCUT2D eigenvalue weighted by Gasteiger charge is -2.36. The van der Waals surface area contributed by atoms with Crippen molar-refractivity contribution in [2.45, 2.75) is 37.8 Å². The zero-order valence-corrected chi connectivity index (χ0v) is 8.23. The molecule has 0 fully saturated rings. The van der Waals surface area contributed by atoms with Gasteiger partial charge in [-0.25, -0.2) is 0 Å². The Morgan fingerprint density at radius 2 is 1.31 bits per heavy atom. The first-order chi connectivity index (χ1) is 6.91. The van der Waals surface area contributed by atoms with E-state index in [0.717, 1.165) is 19.0 Å². The van der Waals surface area contributed by atoms with Crippen LogP contribution in [0.5, 0.6) is 0 Å². The highest BCUT2D eigenvalue weighted by molar-refractivity contribution is 5.07. The molecule has 0 radical (unpaired) electrons. The largest absolute Gasteiger partial charge is 0.428 e. The van der Waals surface area contributed by atoms with Crippen LogP contribution in [0.4, 0.5) is 26.3 Å². The van der Waals surface area contributed by atoms with Gasteiger partial charge in [-0.15, -0.1) is 4.91 Å². The number of nitrogens with zero attached hydrogens (tertiary/aromatic N) is 1. The van der Waals surface area contributed by atoms with Gasteiger partial charge in [0.1, 0.15) is 6.10 Å². The molecule has 0 amide bonds. The Kier molecular flexibility index (Phi) is 3.96. The van der Waals surface area contributed by atoms with Gasteiger partial charge in [0.15, 0.2) is 0 Å². The molecule has 0 unspecified atom stereocenters. The van der Waals surface area contributed by atoms with Gasteiger partial charge in [-0.1, -0.05) is 13.8 Å². The molecule has 16 heavy (non-hydrogen) atoms. The van der Waals surface area contributed by atoms with Crippen molar-refractivity contribution in [3.05, 3.63) is 4.91 Å². The highest BCUT2D eigenvalue weighted by atomic mass is 19.4. The molecule has 0 bridgehead atoms. The molecule has 0 saturated carbocycles. The molecule has 0 aromatic carbocycles. The van der Waals surface area contributed by atoms with Crippen molar-refractivity contribution in [2.24, 2.45) is 11.1 Å². The Hall–Kier alpha value is -0.860. The lowest BCUT2D eigenvalue weighted by atomic mass is 9.85. The van der Waals surface area contributed by atoms with Crippen LogP contribution < -0.4 is 0 Å². The lowest BCUT2D eigenvalue weighted by molar-refractivity contribution is -0.322. The summed E-state index contributed by atoms with van der Waals surface area (Å²) in [4.78, 5) is 10.0. The van der Waals surface area contributed by atoms with E-state index >= 15 is 0 Å². The second kappa shape index (κ2) is 4.19. The number of alkyl halides is 6. The van der Waals surface area contributed by atoms with E-state index in [4.69, 9.17) is 5.11 Å². The van der Waals surface area contributed by atoms with Crippen molar-refractivity contribution < 1.29 is 31.4 Å². The molecule has 0 aromatic heterocycles. The molecule has 0 aliphatic carbocycles. The van der Waals surface area contributed by atoms with Crippen LogP contribution in [-0.2, 0) is 0 Å². The maximum atomic E-state index is 12.3. The minimum atomic E-state index is -6.00. The first-order valence-electron chi connectivity index (χ1n) is 4.07. The first-order valence-corrected chi connectivity index (χ1v) is 4.07. The van der Waals surface area contributed by atoms with Crippen molar-refractivity contribution >= 4 is 0 Å². The average molecular weight is 253 g/mol. The maximum Gasteiger partial charge on any atom is 0.428 e. The summed E-state index contributed by atoms with van der Waals surface area (Å²) in [6, 6.07) is 0. The van der Waals surface area contributed by atoms with Crippen LogP contribution in [0.1, 0.15) is 13.8 Å². The minimum Gasteiger partial charge on any atom is -0.389 e. The van der Waals surface area contributed by atoms with E-state index in [1.165, 1.54) is 0 Å². The fourth-order valence-electron chi connectivity index (χ4n) is 1.14. The van der Waals surface area contributed by atoms with Crippen molar-refractivity contribution in [3.8, 4) is 0 Å². The van der Waals surface area contributed by atoms with Gasteiger partial charge < -0.3 is 5.11 Å². The number of hydrogen-bond acceptors (Lipinski definition) is 3. The number of hydrogen-bond donors (Lipinski definition) is 1. The number of rotatable bonds is 3. The molecule has 0 aliphatic heterocycles. The molecular formula is C7H9F6NO2. The minimum absolute atomic E-state index is 0.919. The molecule has 0 saturated heterocycles. The standard InChI is InChI=1S/C7H9F6NO2/c1-3(2)4(15)5(14-16,6(8,9)10)7(11,12)13/h3-4,15H,1-2H3/t4-/m1/s1. The third-order valence-corrected chi connectivity index (χ3v) is 2.07. The topological polar surface area (TPSA) is 49.7 Å². The van der Waals surface area contributed by atoms with E-state index in [0.29, 0.717) is 0 Å². The SMILES string of the molecule is CC(C)[C@@H](O)C(N=O)(C(F)(F)F)C(F)(F)F. The molecule has 0 spiro atoms. The number of aliphatic hydroxyl groups is 1. The predicted molar refractivity (Wildman–Crippen MR) is 41.5 cm³/mol. The zero-order chi connectivity index (χ0) is 13.4. The Labute approximate surface area is 86.4 Å². The molecule has 1 N–H and O–H groups in total. The van der Waals surface area contributed by atoms with E-state index in [-0.39, 0.29) is 0 Å². The fraction of sp³-hybridized carbons (Fsp3) is 1.00. The van der Waals surface area contributed by atoms with E-state index in [9.17, 15) is 31.2 Å². The van der Waals surface area contributed by atoms with Gasteiger partial charge in [0.25, 0.3) is 0 Å². The highest BCUT2D eigenvalue weighted by Gasteiger charge is 2.77. The third-order valence-electron chi connectivity index (χ3n) is 2.07. The summed E-state index contributed by atoms with van der Waals surface area (Å²) in [7, 11) is 0. The van der Waals surface area contributed by atoms with Gasteiger partial charge in [0.05, 0.1) is 0 Å². The van der Waals surface area contributed by atoms with Gasteiger partial charge >= 0.3 is 17.9 Å². The second-order valence-corrected chi connectivity index (χ2v) is 3.54. The monoisotopic (exact) mass is 253 g/mol. The Balaban J connectivity index is 5.78. The Morgan fingerprint density at radius 1 is 1.00 bits per heavy atom. The summed E-state index contributed by atoms with van der Waals surface area (Å²) in [5.41, 5.74) is -4.98. The number of aliphatic hydroxyl groups excluding tert-OH is 1. The summed E-state index contributed by atoms with van der Waals surface area (Å²) < 4.78 is 73.9. The van der Waals surface area contributed by atoms with Crippen LogP contribution in [-0.4, -0.2) is 29.1 Å². The molecule has 0 aliphatic rings. The van der Waals surface area contributed by atoms with Crippen LogP contribution in [0.2, 0.25) is 0 Å². The fourth-order valence-corrected chi connectivity index (χ4v) is 1.14.